The molecule has 0 aliphatic carbocycles. The first-order valence-corrected chi connectivity index (χ1v) is 8.50. The average Bonchev–Trinajstić information content (AvgIpc) is 2.84. The van der Waals surface area contributed by atoms with Gasteiger partial charge < -0.3 is 10.4 Å². The molecule has 0 fully saturated rings. The molecule has 1 rings (SSSR count). The van der Waals surface area contributed by atoms with Gasteiger partial charge in [-0.2, -0.15) is 0 Å². The summed E-state index contributed by atoms with van der Waals surface area (Å²) in [4.78, 5) is 22.9. The van der Waals surface area contributed by atoms with Gasteiger partial charge >= 0.3 is 5.97 Å². The van der Waals surface area contributed by atoms with Gasteiger partial charge in [-0.25, -0.2) is 4.79 Å². The molecule has 1 aromatic rings. The molecule has 2 unspecified atom stereocenters. The van der Waals surface area contributed by atoms with Crippen molar-refractivity contribution in [1.82, 2.24) is 5.32 Å². The van der Waals surface area contributed by atoms with E-state index in [0.717, 1.165) is 6.08 Å². The summed E-state index contributed by atoms with van der Waals surface area (Å²) >= 11 is 1.30. The standard InChI is InChI=1S/C13H17NO4S2/c1-9(20(2)18)5-6-14-13(17)10-7-11(19-8-10)3-4-12(15)16/h3-4,7-9H,5-6H2,1-2H3,(H,14,17)(H,15,16)/b4-3+. The van der Waals surface area contributed by atoms with Crippen LogP contribution in [0.15, 0.2) is 17.5 Å². The number of aliphatic carboxylic acids is 1. The van der Waals surface area contributed by atoms with Gasteiger partial charge in [-0.05, 0) is 18.6 Å². The highest BCUT2D eigenvalue weighted by atomic mass is 32.2. The zero-order chi connectivity index (χ0) is 15.1. The van der Waals surface area contributed by atoms with Crippen LogP contribution < -0.4 is 5.32 Å². The first-order chi connectivity index (χ1) is 9.40. The molecule has 110 valence electrons. The Labute approximate surface area is 124 Å². The number of carboxylic acids is 1. The van der Waals surface area contributed by atoms with Crippen LogP contribution in [-0.2, 0) is 15.6 Å². The van der Waals surface area contributed by atoms with Crippen molar-refractivity contribution in [3.8, 4) is 0 Å². The summed E-state index contributed by atoms with van der Waals surface area (Å²) in [6, 6.07) is 1.64. The lowest BCUT2D eigenvalue weighted by Crippen LogP contribution is -2.27. The van der Waals surface area contributed by atoms with Gasteiger partial charge in [0.05, 0.1) is 5.56 Å². The summed E-state index contributed by atoms with van der Waals surface area (Å²) in [7, 11) is -0.887. The van der Waals surface area contributed by atoms with E-state index in [9.17, 15) is 13.8 Å². The predicted molar refractivity (Wildman–Crippen MR) is 81.5 cm³/mol. The Bertz CT molecular complexity index is 536. The Hall–Kier alpha value is -1.47. The second-order valence-corrected chi connectivity index (χ2v) is 7.01. The van der Waals surface area contributed by atoms with Crippen LogP contribution in [0.2, 0.25) is 0 Å². The molecule has 0 aliphatic heterocycles. The Kier molecular flexibility index (Phi) is 6.60. The van der Waals surface area contributed by atoms with E-state index in [1.54, 1.807) is 17.7 Å². The number of amides is 1. The molecule has 0 saturated heterocycles. The van der Waals surface area contributed by atoms with E-state index >= 15 is 0 Å². The third-order valence-electron chi connectivity index (χ3n) is 2.68. The van der Waals surface area contributed by atoms with E-state index < -0.39 is 16.8 Å². The fraction of sp³-hybridized carbons (Fsp3) is 0.385. The van der Waals surface area contributed by atoms with Crippen molar-refractivity contribution in [2.75, 3.05) is 12.8 Å². The third kappa shape index (κ3) is 5.66. The van der Waals surface area contributed by atoms with Gasteiger partial charge in [0.15, 0.2) is 0 Å². The van der Waals surface area contributed by atoms with Crippen LogP contribution in [0.1, 0.15) is 28.6 Å². The van der Waals surface area contributed by atoms with E-state index in [-0.39, 0.29) is 11.2 Å². The minimum Gasteiger partial charge on any atom is -0.478 e. The summed E-state index contributed by atoms with van der Waals surface area (Å²) in [5, 5.41) is 13.0. The summed E-state index contributed by atoms with van der Waals surface area (Å²) in [6.07, 6.45) is 4.79. The maximum absolute atomic E-state index is 11.8. The number of carbonyl (C=O) groups is 2. The van der Waals surface area contributed by atoms with Crippen LogP contribution in [0.4, 0.5) is 0 Å². The molecule has 7 heteroatoms. The molecule has 0 radical (unpaired) electrons. The minimum atomic E-state index is -1.02. The van der Waals surface area contributed by atoms with Crippen LogP contribution in [0.25, 0.3) is 6.08 Å². The predicted octanol–water partition coefficient (Wildman–Crippen LogP) is 1.73. The molecule has 1 amide bonds. The largest absolute Gasteiger partial charge is 0.478 e. The van der Waals surface area contributed by atoms with Gasteiger partial charge in [0, 0.05) is 45.2 Å². The van der Waals surface area contributed by atoms with E-state index in [2.05, 4.69) is 5.32 Å². The summed E-state index contributed by atoms with van der Waals surface area (Å²) in [5.74, 6) is -1.23. The molecule has 0 bridgehead atoms. The molecular weight excluding hydrogens is 298 g/mol. The normalized spacial score (nSPS) is 14.1. The monoisotopic (exact) mass is 315 g/mol. The maximum Gasteiger partial charge on any atom is 0.328 e. The lowest BCUT2D eigenvalue weighted by molar-refractivity contribution is -0.131. The van der Waals surface area contributed by atoms with Crippen LogP contribution in [0, 0.1) is 0 Å². The number of hydrogen-bond donors (Lipinski definition) is 2. The van der Waals surface area contributed by atoms with Gasteiger partial charge in [-0.1, -0.05) is 6.92 Å². The highest BCUT2D eigenvalue weighted by Crippen LogP contribution is 2.16. The Morgan fingerprint density at radius 3 is 2.85 bits per heavy atom. The molecule has 0 aromatic carbocycles. The second kappa shape index (κ2) is 7.96. The highest BCUT2D eigenvalue weighted by molar-refractivity contribution is 7.84. The van der Waals surface area contributed by atoms with Crippen molar-refractivity contribution in [2.24, 2.45) is 0 Å². The quantitative estimate of drug-likeness (QED) is 0.751. The van der Waals surface area contributed by atoms with Gasteiger partial charge in [-0.3, -0.25) is 9.00 Å². The zero-order valence-electron chi connectivity index (χ0n) is 11.3. The topological polar surface area (TPSA) is 83.5 Å². The summed E-state index contributed by atoms with van der Waals surface area (Å²) in [6.45, 7) is 2.34. The second-order valence-electron chi connectivity index (χ2n) is 4.26. The summed E-state index contributed by atoms with van der Waals surface area (Å²) < 4.78 is 11.2. The van der Waals surface area contributed by atoms with Crippen molar-refractivity contribution in [3.05, 3.63) is 28.0 Å². The summed E-state index contributed by atoms with van der Waals surface area (Å²) in [5.41, 5.74) is 0.505. The molecule has 20 heavy (non-hydrogen) atoms. The Morgan fingerprint density at radius 1 is 1.55 bits per heavy atom. The van der Waals surface area contributed by atoms with Crippen molar-refractivity contribution < 1.29 is 18.9 Å². The fourth-order valence-corrected chi connectivity index (χ4v) is 2.60. The molecule has 0 aliphatic rings. The highest BCUT2D eigenvalue weighted by Gasteiger charge is 2.10. The zero-order valence-corrected chi connectivity index (χ0v) is 12.9. The third-order valence-corrected chi connectivity index (χ3v) is 4.94. The Morgan fingerprint density at radius 2 is 2.25 bits per heavy atom. The van der Waals surface area contributed by atoms with Crippen LogP contribution >= 0.6 is 11.3 Å². The first kappa shape index (κ1) is 16.6. The number of rotatable bonds is 7. The average molecular weight is 315 g/mol. The van der Waals surface area contributed by atoms with Crippen molar-refractivity contribution in [3.63, 3.8) is 0 Å². The van der Waals surface area contributed by atoms with Gasteiger partial charge in [-0.15, -0.1) is 11.3 Å². The molecule has 5 nitrogen and oxygen atoms in total. The molecule has 0 saturated carbocycles. The van der Waals surface area contributed by atoms with E-state index in [0.29, 0.717) is 23.4 Å². The number of carboxylic acid groups (broad SMARTS) is 1. The van der Waals surface area contributed by atoms with Crippen molar-refractivity contribution >= 4 is 40.1 Å². The number of carbonyl (C=O) groups excluding carboxylic acids is 1. The van der Waals surface area contributed by atoms with Crippen LogP contribution in [0.3, 0.4) is 0 Å². The molecule has 1 heterocycles. The van der Waals surface area contributed by atoms with Crippen LogP contribution in [0.5, 0.6) is 0 Å². The SMILES string of the molecule is CC(CCNC(=O)c1csc(/C=C/C(=O)O)c1)S(C)=O. The fourth-order valence-electron chi connectivity index (χ4n) is 1.37. The van der Waals surface area contributed by atoms with E-state index in [1.165, 1.54) is 17.4 Å². The molecule has 2 N–H and O–H groups in total. The first-order valence-electron chi connectivity index (χ1n) is 6.00. The molecule has 1 aromatic heterocycles. The van der Waals surface area contributed by atoms with Gasteiger partial charge in [0.2, 0.25) is 0 Å². The van der Waals surface area contributed by atoms with Gasteiger partial charge in [0.25, 0.3) is 5.91 Å². The van der Waals surface area contributed by atoms with E-state index in [1.807, 2.05) is 6.92 Å². The van der Waals surface area contributed by atoms with Crippen LogP contribution in [-0.4, -0.2) is 39.2 Å². The van der Waals surface area contributed by atoms with Crippen molar-refractivity contribution in [2.45, 2.75) is 18.6 Å². The van der Waals surface area contributed by atoms with Crippen molar-refractivity contribution in [1.29, 1.82) is 0 Å². The Balaban J connectivity index is 2.48. The molecular formula is C13H17NO4S2. The maximum atomic E-state index is 11.8. The number of hydrogen-bond acceptors (Lipinski definition) is 4. The van der Waals surface area contributed by atoms with E-state index in [4.69, 9.17) is 5.11 Å². The lowest BCUT2D eigenvalue weighted by Gasteiger charge is -2.08. The number of thiophene rings is 1. The smallest absolute Gasteiger partial charge is 0.328 e. The minimum absolute atomic E-state index is 0.0480. The number of nitrogens with one attached hydrogen (secondary N) is 1. The molecule has 2 atom stereocenters. The molecule has 0 spiro atoms. The lowest BCUT2D eigenvalue weighted by atomic mass is 10.2. The van der Waals surface area contributed by atoms with Gasteiger partial charge in [0.1, 0.15) is 0 Å².